The van der Waals surface area contributed by atoms with E-state index in [1.165, 1.54) is 40.6 Å². The molecule has 0 radical (unpaired) electrons. The summed E-state index contributed by atoms with van der Waals surface area (Å²) in [5, 5.41) is 9.80. The Morgan fingerprint density at radius 1 is 0.880 bits per heavy atom. The van der Waals surface area contributed by atoms with E-state index in [0.29, 0.717) is 34.1 Å². The quantitative estimate of drug-likeness (QED) is 0.613. The van der Waals surface area contributed by atoms with Crippen molar-refractivity contribution in [1.29, 1.82) is 0 Å². The van der Waals surface area contributed by atoms with Crippen LogP contribution in [0.4, 0.5) is 0 Å². The van der Waals surface area contributed by atoms with Gasteiger partial charge >= 0.3 is 0 Å². The van der Waals surface area contributed by atoms with E-state index in [1.807, 2.05) is 0 Å². The molecule has 6 nitrogen and oxygen atoms in total. The highest BCUT2D eigenvalue weighted by Crippen LogP contribution is 2.35. The molecule has 1 N–H and O–H groups in total. The lowest BCUT2D eigenvalue weighted by molar-refractivity contribution is 0.104. The molecule has 0 saturated heterocycles. The van der Waals surface area contributed by atoms with Gasteiger partial charge in [-0.2, -0.15) is 0 Å². The van der Waals surface area contributed by atoms with Crippen LogP contribution in [0, 0.1) is 0 Å². The van der Waals surface area contributed by atoms with E-state index in [4.69, 9.17) is 18.9 Å². The first-order chi connectivity index (χ1) is 12.0. The van der Waals surface area contributed by atoms with Crippen LogP contribution >= 0.6 is 0 Å². The molecule has 0 unspecified atom stereocenters. The number of carbonyl (C=O) groups excluding carboxylic acids is 1. The van der Waals surface area contributed by atoms with Gasteiger partial charge in [-0.3, -0.25) is 4.79 Å². The van der Waals surface area contributed by atoms with E-state index >= 15 is 0 Å². The standard InChI is InChI=1S/C19H20O6/c1-22-13-10-17(24-3)19(18(11-13)25-4)14(20)7-5-12-6-8-16(23-2)15(21)9-12/h5-11,21H,1-4H3/b7-5+. The van der Waals surface area contributed by atoms with Gasteiger partial charge in [0.25, 0.3) is 0 Å². The minimum absolute atomic E-state index is 0.00305. The number of carbonyl (C=O) groups is 1. The summed E-state index contributed by atoms with van der Waals surface area (Å²) >= 11 is 0. The number of benzene rings is 2. The van der Waals surface area contributed by atoms with Gasteiger partial charge in [0.1, 0.15) is 22.8 Å². The van der Waals surface area contributed by atoms with Gasteiger partial charge in [-0.25, -0.2) is 0 Å². The van der Waals surface area contributed by atoms with Gasteiger partial charge in [-0.05, 0) is 23.8 Å². The number of phenols is 1. The van der Waals surface area contributed by atoms with Crippen LogP contribution in [-0.2, 0) is 0 Å². The molecule has 6 heteroatoms. The number of ether oxygens (including phenoxy) is 4. The average molecular weight is 344 g/mol. The second kappa shape index (κ2) is 8.10. The minimum atomic E-state index is -0.299. The molecule has 2 aromatic carbocycles. The fraction of sp³-hybridized carbons (Fsp3) is 0.211. The number of aromatic hydroxyl groups is 1. The van der Waals surface area contributed by atoms with Crippen molar-refractivity contribution in [3.05, 3.63) is 47.5 Å². The lowest BCUT2D eigenvalue weighted by Gasteiger charge is -2.13. The van der Waals surface area contributed by atoms with Crippen molar-refractivity contribution in [3.8, 4) is 28.7 Å². The van der Waals surface area contributed by atoms with Crippen LogP contribution < -0.4 is 18.9 Å². The Bertz CT molecular complexity index is 769. The van der Waals surface area contributed by atoms with E-state index in [1.54, 1.807) is 30.3 Å². The molecule has 0 fully saturated rings. The Kier molecular flexibility index (Phi) is 5.89. The lowest BCUT2D eigenvalue weighted by atomic mass is 10.1. The maximum atomic E-state index is 12.6. The van der Waals surface area contributed by atoms with Crippen LogP contribution in [0.2, 0.25) is 0 Å². The van der Waals surface area contributed by atoms with Crippen LogP contribution in [0.1, 0.15) is 15.9 Å². The molecule has 0 atom stereocenters. The molecule has 2 rings (SSSR count). The third kappa shape index (κ3) is 4.03. The van der Waals surface area contributed by atoms with Gasteiger partial charge in [0.2, 0.25) is 0 Å². The Balaban J connectivity index is 2.35. The lowest BCUT2D eigenvalue weighted by Crippen LogP contribution is -2.03. The van der Waals surface area contributed by atoms with Crippen molar-refractivity contribution >= 4 is 11.9 Å². The number of ketones is 1. The van der Waals surface area contributed by atoms with Gasteiger partial charge < -0.3 is 24.1 Å². The van der Waals surface area contributed by atoms with Gasteiger partial charge in [-0.1, -0.05) is 12.1 Å². The number of methoxy groups -OCH3 is 4. The highest BCUT2D eigenvalue weighted by molar-refractivity contribution is 6.10. The summed E-state index contributed by atoms with van der Waals surface area (Å²) in [5.41, 5.74) is 0.942. The number of allylic oxidation sites excluding steroid dienone is 1. The number of phenolic OH excluding ortho intramolecular Hbond substituents is 1. The molecule has 0 heterocycles. The molecule has 0 amide bonds. The summed E-state index contributed by atoms with van der Waals surface area (Å²) in [7, 11) is 5.93. The molecule has 25 heavy (non-hydrogen) atoms. The number of rotatable bonds is 7. The molecule has 0 bridgehead atoms. The molecule has 0 aliphatic heterocycles. The van der Waals surface area contributed by atoms with Gasteiger partial charge in [0.05, 0.1) is 28.4 Å². The molecular formula is C19H20O6. The SMILES string of the molecule is COc1cc(OC)c(C(=O)/C=C/c2ccc(OC)c(O)c2)c(OC)c1. The number of hydrogen-bond donors (Lipinski definition) is 1. The van der Waals surface area contributed by atoms with Gasteiger partial charge in [0.15, 0.2) is 17.3 Å². The average Bonchev–Trinajstić information content (AvgIpc) is 2.64. The van der Waals surface area contributed by atoms with E-state index in [-0.39, 0.29) is 11.5 Å². The Morgan fingerprint density at radius 3 is 1.96 bits per heavy atom. The Labute approximate surface area is 146 Å². The minimum Gasteiger partial charge on any atom is -0.504 e. The summed E-state index contributed by atoms with van der Waals surface area (Å²) in [6, 6.07) is 8.08. The third-order valence-electron chi connectivity index (χ3n) is 3.59. The Hall–Kier alpha value is -3.15. The van der Waals surface area contributed by atoms with Crippen molar-refractivity contribution in [1.82, 2.24) is 0 Å². The first kappa shape index (κ1) is 18.2. The molecule has 0 aliphatic carbocycles. The third-order valence-corrected chi connectivity index (χ3v) is 3.59. The zero-order chi connectivity index (χ0) is 18.4. The van der Waals surface area contributed by atoms with E-state index < -0.39 is 0 Å². The van der Waals surface area contributed by atoms with Crippen LogP contribution in [0.25, 0.3) is 6.08 Å². The highest BCUT2D eigenvalue weighted by atomic mass is 16.5. The molecule has 132 valence electrons. The Morgan fingerprint density at radius 2 is 1.48 bits per heavy atom. The summed E-state index contributed by atoms with van der Waals surface area (Å²) in [4.78, 5) is 12.6. The molecule has 0 saturated carbocycles. The fourth-order valence-corrected chi connectivity index (χ4v) is 2.31. The molecule has 0 spiro atoms. The fourth-order valence-electron chi connectivity index (χ4n) is 2.31. The highest BCUT2D eigenvalue weighted by Gasteiger charge is 2.18. The van der Waals surface area contributed by atoms with Crippen LogP contribution in [0.3, 0.4) is 0 Å². The van der Waals surface area contributed by atoms with E-state index in [0.717, 1.165) is 0 Å². The van der Waals surface area contributed by atoms with E-state index in [9.17, 15) is 9.90 Å². The predicted molar refractivity (Wildman–Crippen MR) is 94.1 cm³/mol. The first-order valence-electron chi connectivity index (χ1n) is 7.43. The largest absolute Gasteiger partial charge is 0.504 e. The normalized spacial score (nSPS) is 10.6. The summed E-state index contributed by atoms with van der Waals surface area (Å²) in [6.45, 7) is 0. The molecule has 0 aromatic heterocycles. The summed E-state index contributed by atoms with van der Waals surface area (Å²) in [5.74, 6) is 1.28. The van der Waals surface area contributed by atoms with Crippen LogP contribution in [0.15, 0.2) is 36.4 Å². The zero-order valence-corrected chi connectivity index (χ0v) is 14.5. The first-order valence-corrected chi connectivity index (χ1v) is 7.43. The van der Waals surface area contributed by atoms with Gasteiger partial charge in [-0.15, -0.1) is 0 Å². The van der Waals surface area contributed by atoms with Crippen molar-refractivity contribution in [2.75, 3.05) is 28.4 Å². The second-order valence-corrected chi connectivity index (χ2v) is 5.04. The van der Waals surface area contributed by atoms with Crippen molar-refractivity contribution in [3.63, 3.8) is 0 Å². The maximum absolute atomic E-state index is 12.6. The van der Waals surface area contributed by atoms with Crippen LogP contribution in [0.5, 0.6) is 28.7 Å². The van der Waals surface area contributed by atoms with E-state index in [2.05, 4.69) is 0 Å². The topological polar surface area (TPSA) is 74.2 Å². The van der Waals surface area contributed by atoms with Crippen molar-refractivity contribution < 1.29 is 28.8 Å². The predicted octanol–water partition coefficient (Wildman–Crippen LogP) is 3.32. The van der Waals surface area contributed by atoms with Crippen molar-refractivity contribution in [2.45, 2.75) is 0 Å². The summed E-state index contributed by atoms with van der Waals surface area (Å²) in [6.07, 6.45) is 2.97. The molecular weight excluding hydrogens is 324 g/mol. The molecule has 2 aromatic rings. The monoisotopic (exact) mass is 344 g/mol. The van der Waals surface area contributed by atoms with Crippen LogP contribution in [-0.4, -0.2) is 39.3 Å². The zero-order valence-electron chi connectivity index (χ0n) is 14.5. The summed E-state index contributed by atoms with van der Waals surface area (Å²) < 4.78 is 20.7. The van der Waals surface area contributed by atoms with Gasteiger partial charge in [0, 0.05) is 12.1 Å². The smallest absolute Gasteiger partial charge is 0.193 e. The van der Waals surface area contributed by atoms with Crippen molar-refractivity contribution in [2.24, 2.45) is 0 Å². The number of hydrogen-bond acceptors (Lipinski definition) is 6. The molecule has 0 aliphatic rings. The maximum Gasteiger partial charge on any atom is 0.193 e. The second-order valence-electron chi connectivity index (χ2n) is 5.04.